The summed E-state index contributed by atoms with van der Waals surface area (Å²) in [4.78, 5) is 11.9. The number of ether oxygens (including phenoxy) is 2. The number of amides is 1. The van der Waals surface area contributed by atoms with Crippen molar-refractivity contribution >= 4 is 37.8 Å². The molecular formula is C15H15Br2NO4. The minimum Gasteiger partial charge on any atom is -0.493 e. The normalized spacial score (nSPS) is 10.4. The highest BCUT2D eigenvalue weighted by Gasteiger charge is 2.12. The molecule has 1 aromatic heterocycles. The number of carbonyl (C=O) groups excluding carboxylic acids is 1. The maximum Gasteiger partial charge on any atom is 0.287 e. The van der Waals surface area contributed by atoms with Crippen LogP contribution in [-0.2, 0) is 6.42 Å². The lowest BCUT2D eigenvalue weighted by atomic mass is 10.1. The van der Waals surface area contributed by atoms with Crippen LogP contribution < -0.4 is 14.8 Å². The predicted octanol–water partition coefficient (Wildman–Crippen LogP) is 3.79. The summed E-state index contributed by atoms with van der Waals surface area (Å²) in [6.07, 6.45) is 0.647. The third-order valence-electron chi connectivity index (χ3n) is 3.03. The Bertz CT molecular complexity index is 670. The Morgan fingerprint density at radius 1 is 1.18 bits per heavy atom. The van der Waals surface area contributed by atoms with Gasteiger partial charge in [-0.3, -0.25) is 4.79 Å². The van der Waals surface area contributed by atoms with Crippen LogP contribution in [0, 0.1) is 0 Å². The van der Waals surface area contributed by atoms with Gasteiger partial charge in [-0.1, -0.05) is 15.9 Å². The Kier molecular flexibility index (Phi) is 5.90. The first-order chi connectivity index (χ1) is 10.5. The SMILES string of the molecule is COc1cc(Br)c(CCNC(=O)c2ccc(Br)o2)cc1OC. The molecule has 22 heavy (non-hydrogen) atoms. The minimum atomic E-state index is -0.248. The van der Waals surface area contributed by atoms with Gasteiger partial charge in [0.05, 0.1) is 14.2 Å². The lowest BCUT2D eigenvalue weighted by Crippen LogP contribution is -2.25. The summed E-state index contributed by atoms with van der Waals surface area (Å²) >= 11 is 6.66. The molecule has 0 spiro atoms. The van der Waals surface area contributed by atoms with Gasteiger partial charge >= 0.3 is 0 Å². The molecule has 0 fully saturated rings. The van der Waals surface area contributed by atoms with Crippen LogP contribution in [0.15, 0.2) is 37.8 Å². The number of hydrogen-bond donors (Lipinski definition) is 1. The molecule has 0 aliphatic rings. The monoisotopic (exact) mass is 431 g/mol. The van der Waals surface area contributed by atoms with Gasteiger partial charge in [0, 0.05) is 11.0 Å². The second kappa shape index (κ2) is 7.69. The second-order valence-corrected chi connectivity index (χ2v) is 6.04. The average Bonchev–Trinajstić information content (AvgIpc) is 2.95. The molecule has 0 aliphatic heterocycles. The van der Waals surface area contributed by atoms with Gasteiger partial charge in [0.25, 0.3) is 5.91 Å². The fraction of sp³-hybridized carbons (Fsp3) is 0.267. The number of hydrogen-bond acceptors (Lipinski definition) is 4. The fourth-order valence-corrected chi connectivity index (χ4v) is 2.75. The van der Waals surface area contributed by atoms with Crippen molar-refractivity contribution in [3.8, 4) is 11.5 Å². The van der Waals surface area contributed by atoms with Crippen molar-refractivity contribution in [1.29, 1.82) is 0 Å². The molecule has 5 nitrogen and oxygen atoms in total. The van der Waals surface area contributed by atoms with Crippen molar-refractivity contribution in [2.75, 3.05) is 20.8 Å². The molecule has 0 bridgehead atoms. The van der Waals surface area contributed by atoms with Crippen molar-refractivity contribution < 1.29 is 18.7 Å². The summed E-state index contributed by atoms with van der Waals surface area (Å²) in [5.41, 5.74) is 1.01. The van der Waals surface area contributed by atoms with E-state index in [9.17, 15) is 4.79 Å². The Morgan fingerprint density at radius 2 is 1.86 bits per heavy atom. The first-order valence-electron chi connectivity index (χ1n) is 6.49. The molecule has 118 valence electrons. The largest absolute Gasteiger partial charge is 0.493 e. The van der Waals surface area contributed by atoms with Crippen LogP contribution in [0.1, 0.15) is 16.1 Å². The van der Waals surface area contributed by atoms with Crippen LogP contribution in [0.4, 0.5) is 0 Å². The van der Waals surface area contributed by atoms with Crippen molar-refractivity contribution in [2.24, 2.45) is 0 Å². The molecule has 1 N–H and O–H groups in total. The van der Waals surface area contributed by atoms with Gasteiger partial charge in [-0.25, -0.2) is 0 Å². The van der Waals surface area contributed by atoms with Crippen LogP contribution in [0.2, 0.25) is 0 Å². The molecule has 1 aromatic carbocycles. The van der Waals surface area contributed by atoms with E-state index < -0.39 is 0 Å². The predicted molar refractivity (Wildman–Crippen MR) is 89.7 cm³/mol. The Morgan fingerprint density at radius 3 is 2.45 bits per heavy atom. The van der Waals surface area contributed by atoms with Crippen LogP contribution in [-0.4, -0.2) is 26.7 Å². The number of benzene rings is 1. The molecule has 0 saturated carbocycles. The van der Waals surface area contributed by atoms with E-state index in [0.29, 0.717) is 29.1 Å². The van der Waals surface area contributed by atoms with Crippen LogP contribution >= 0.6 is 31.9 Å². The van der Waals surface area contributed by atoms with E-state index in [2.05, 4.69) is 37.2 Å². The molecule has 1 heterocycles. The van der Waals surface area contributed by atoms with Gasteiger partial charge in [-0.2, -0.15) is 0 Å². The third-order valence-corrected chi connectivity index (χ3v) is 4.19. The van der Waals surface area contributed by atoms with Gasteiger partial charge in [-0.15, -0.1) is 0 Å². The summed E-state index contributed by atoms with van der Waals surface area (Å²) in [7, 11) is 3.18. The summed E-state index contributed by atoms with van der Waals surface area (Å²) in [6.45, 7) is 0.477. The number of furan rings is 1. The molecule has 7 heteroatoms. The highest BCUT2D eigenvalue weighted by molar-refractivity contribution is 9.10. The smallest absolute Gasteiger partial charge is 0.287 e. The summed E-state index contributed by atoms with van der Waals surface area (Å²) < 4.78 is 17.1. The zero-order valence-electron chi connectivity index (χ0n) is 12.1. The third kappa shape index (κ3) is 4.04. The topological polar surface area (TPSA) is 60.7 Å². The van der Waals surface area contributed by atoms with Crippen LogP contribution in [0.3, 0.4) is 0 Å². The number of nitrogens with one attached hydrogen (secondary N) is 1. The summed E-state index contributed by atoms with van der Waals surface area (Å²) in [5, 5.41) is 2.81. The molecule has 1 amide bonds. The molecular weight excluding hydrogens is 418 g/mol. The number of rotatable bonds is 6. The standard InChI is InChI=1S/C15H15Br2NO4/c1-20-12-7-9(10(16)8-13(12)21-2)5-6-18-15(19)11-3-4-14(17)22-11/h3-4,7-8H,5-6H2,1-2H3,(H,18,19). The van der Waals surface area contributed by atoms with E-state index in [1.807, 2.05) is 12.1 Å². The molecule has 0 unspecified atom stereocenters. The van der Waals surface area contributed by atoms with Crippen molar-refractivity contribution in [3.63, 3.8) is 0 Å². The highest BCUT2D eigenvalue weighted by Crippen LogP contribution is 2.33. The molecule has 2 rings (SSSR count). The fourth-order valence-electron chi connectivity index (χ4n) is 1.92. The van der Waals surface area contributed by atoms with Crippen LogP contribution in [0.5, 0.6) is 11.5 Å². The maximum atomic E-state index is 11.9. The first kappa shape index (κ1) is 16.9. The lowest BCUT2D eigenvalue weighted by Gasteiger charge is -2.12. The van der Waals surface area contributed by atoms with Gasteiger partial charge in [0.15, 0.2) is 21.9 Å². The summed E-state index contributed by atoms with van der Waals surface area (Å²) in [5.74, 6) is 1.34. The van der Waals surface area contributed by atoms with E-state index in [0.717, 1.165) is 10.0 Å². The van der Waals surface area contributed by atoms with Gasteiger partial charge < -0.3 is 19.2 Å². The Labute approximate surface area is 145 Å². The first-order valence-corrected chi connectivity index (χ1v) is 8.07. The van der Waals surface area contributed by atoms with Crippen molar-refractivity contribution in [2.45, 2.75) is 6.42 Å². The molecule has 0 atom stereocenters. The molecule has 0 saturated heterocycles. The number of halogens is 2. The van der Waals surface area contributed by atoms with Crippen LogP contribution in [0.25, 0.3) is 0 Å². The van der Waals surface area contributed by atoms with Gasteiger partial charge in [0.2, 0.25) is 0 Å². The summed E-state index contributed by atoms with van der Waals surface area (Å²) in [6, 6.07) is 7.03. The van der Waals surface area contributed by atoms with E-state index in [1.54, 1.807) is 26.4 Å². The van der Waals surface area contributed by atoms with Gasteiger partial charge in [0.1, 0.15) is 0 Å². The molecule has 0 aliphatic carbocycles. The Hall–Kier alpha value is -1.47. The zero-order valence-corrected chi connectivity index (χ0v) is 15.3. The molecule has 0 radical (unpaired) electrons. The van der Waals surface area contributed by atoms with E-state index in [-0.39, 0.29) is 11.7 Å². The van der Waals surface area contributed by atoms with Crippen molar-refractivity contribution in [1.82, 2.24) is 5.32 Å². The van der Waals surface area contributed by atoms with E-state index >= 15 is 0 Å². The van der Waals surface area contributed by atoms with Crippen molar-refractivity contribution in [3.05, 3.63) is 44.7 Å². The quantitative estimate of drug-likeness (QED) is 0.754. The number of methoxy groups -OCH3 is 2. The van der Waals surface area contributed by atoms with Gasteiger partial charge in [-0.05, 0) is 52.2 Å². The van der Waals surface area contributed by atoms with E-state index in [4.69, 9.17) is 13.9 Å². The maximum absolute atomic E-state index is 11.9. The number of carbonyl (C=O) groups is 1. The molecule has 2 aromatic rings. The lowest BCUT2D eigenvalue weighted by molar-refractivity contribution is 0.0925. The Balaban J connectivity index is 1.98. The highest BCUT2D eigenvalue weighted by atomic mass is 79.9. The average molecular weight is 433 g/mol. The minimum absolute atomic E-state index is 0.248. The van der Waals surface area contributed by atoms with E-state index in [1.165, 1.54) is 0 Å². The second-order valence-electron chi connectivity index (χ2n) is 4.41. The zero-order chi connectivity index (χ0) is 16.1.